The highest BCUT2D eigenvalue weighted by atomic mass is 16.8. The van der Waals surface area contributed by atoms with Gasteiger partial charge in [0, 0.05) is 0 Å². The summed E-state index contributed by atoms with van der Waals surface area (Å²) >= 11 is 0. The molecule has 0 aromatic carbocycles. The smallest absolute Gasteiger partial charge is 0.164 e. The van der Waals surface area contributed by atoms with Gasteiger partial charge in [-0.15, -0.1) is 6.58 Å². The Labute approximate surface area is 138 Å². The third-order valence-corrected chi connectivity index (χ3v) is 3.71. The van der Waals surface area contributed by atoms with E-state index in [-0.39, 0.29) is 0 Å². The molecule has 2 aliphatic rings. The van der Waals surface area contributed by atoms with Crippen molar-refractivity contribution < 1.29 is 28.8 Å². The summed E-state index contributed by atoms with van der Waals surface area (Å²) in [6, 6.07) is 0. The van der Waals surface area contributed by atoms with Crippen molar-refractivity contribution >= 4 is 0 Å². The highest BCUT2D eigenvalue weighted by molar-refractivity contribution is 4.95. The largest absolute Gasteiger partial charge is 0.387 e. The van der Waals surface area contributed by atoms with E-state index in [1.165, 1.54) is 0 Å². The molecule has 2 rings (SSSR count). The molecule has 2 fully saturated rings. The van der Waals surface area contributed by atoms with Crippen molar-refractivity contribution in [3.63, 3.8) is 0 Å². The summed E-state index contributed by atoms with van der Waals surface area (Å²) in [4.78, 5) is 0. The van der Waals surface area contributed by atoms with Crippen molar-refractivity contribution in [3.05, 3.63) is 25.9 Å². The quantitative estimate of drug-likeness (QED) is 0.545. The van der Waals surface area contributed by atoms with Crippen LogP contribution in [0, 0.1) is 13.2 Å². The molecule has 0 amide bonds. The Morgan fingerprint density at radius 3 is 2.52 bits per heavy atom. The number of rotatable bonds is 8. The van der Waals surface area contributed by atoms with Gasteiger partial charge in [0.15, 0.2) is 11.6 Å². The summed E-state index contributed by atoms with van der Waals surface area (Å²) in [6.45, 7) is 14.4. The number of unbranched alkanes of at least 4 members (excludes halogenated alkanes) is 1. The Bertz CT molecular complexity index is 395. The van der Waals surface area contributed by atoms with Crippen LogP contribution in [-0.2, 0) is 23.7 Å². The first-order valence-corrected chi connectivity index (χ1v) is 8.01. The zero-order chi connectivity index (χ0) is 17.1. The van der Waals surface area contributed by atoms with Gasteiger partial charge in [-0.05, 0) is 40.5 Å². The number of aliphatic hydroxyl groups is 1. The lowest BCUT2D eigenvalue weighted by atomic mass is 10.0. The molecule has 0 saturated carbocycles. The minimum atomic E-state index is -0.878. The van der Waals surface area contributed by atoms with Crippen LogP contribution < -0.4 is 0 Å². The van der Waals surface area contributed by atoms with Gasteiger partial charge >= 0.3 is 0 Å². The fraction of sp³-hybridized carbons (Fsp3) is 0.765. The minimum Gasteiger partial charge on any atom is -0.387 e. The first-order valence-electron chi connectivity index (χ1n) is 8.01. The molecule has 6 heteroatoms. The maximum Gasteiger partial charge on any atom is 0.164 e. The summed E-state index contributed by atoms with van der Waals surface area (Å²) in [5.41, 5.74) is 0. The van der Waals surface area contributed by atoms with Crippen molar-refractivity contribution in [1.82, 2.24) is 0 Å². The maximum atomic E-state index is 10.6. The number of hydrogen-bond donors (Lipinski definition) is 1. The average Bonchev–Trinajstić information content (AvgIpc) is 2.97. The summed E-state index contributed by atoms with van der Waals surface area (Å²) in [6.07, 6.45) is 1.01. The van der Waals surface area contributed by atoms with E-state index in [9.17, 15) is 5.11 Å². The molecule has 0 aliphatic carbocycles. The molecule has 23 heavy (non-hydrogen) atoms. The molecule has 0 aromatic rings. The van der Waals surface area contributed by atoms with Crippen molar-refractivity contribution in [1.29, 1.82) is 0 Å². The van der Waals surface area contributed by atoms with Crippen LogP contribution in [-0.4, -0.2) is 47.7 Å². The van der Waals surface area contributed by atoms with Gasteiger partial charge in [0.2, 0.25) is 0 Å². The fourth-order valence-corrected chi connectivity index (χ4v) is 2.67. The number of ether oxygens (including phenoxy) is 5. The highest BCUT2D eigenvalue weighted by Gasteiger charge is 2.50. The molecule has 4 atom stereocenters. The van der Waals surface area contributed by atoms with E-state index in [4.69, 9.17) is 23.7 Å². The van der Waals surface area contributed by atoms with Crippen LogP contribution in [0.3, 0.4) is 0 Å². The van der Waals surface area contributed by atoms with Gasteiger partial charge in [0.1, 0.15) is 31.0 Å². The van der Waals surface area contributed by atoms with Crippen LogP contribution in [0.15, 0.2) is 12.7 Å². The Morgan fingerprint density at radius 1 is 1.17 bits per heavy atom. The molecule has 0 aromatic heterocycles. The van der Waals surface area contributed by atoms with Crippen molar-refractivity contribution in [2.45, 2.75) is 76.5 Å². The van der Waals surface area contributed by atoms with Gasteiger partial charge < -0.3 is 28.8 Å². The van der Waals surface area contributed by atoms with Crippen LogP contribution >= 0.6 is 0 Å². The molecule has 2 saturated heterocycles. The predicted molar refractivity (Wildman–Crippen MR) is 83.9 cm³/mol. The molecule has 2 radical (unpaired) electrons. The topological polar surface area (TPSA) is 66.4 Å². The van der Waals surface area contributed by atoms with Crippen molar-refractivity contribution in [2.75, 3.05) is 6.61 Å². The second-order valence-corrected chi connectivity index (χ2v) is 6.73. The van der Waals surface area contributed by atoms with Crippen LogP contribution in [0.1, 0.15) is 40.5 Å². The van der Waals surface area contributed by atoms with E-state index < -0.39 is 36.0 Å². The number of aliphatic hydroxyl groups excluding tert-OH is 1. The van der Waals surface area contributed by atoms with Crippen LogP contribution in [0.25, 0.3) is 0 Å². The standard InChI is InChI=1S/C17H28O6/c1-6-7-8-9-19-10-13-15(23-17(4,5)22-13)14(18)12-11-20-16(2,3)21-12/h6,9-10,12-15,18H,1,7-8,11H2,2-5H3/t12-,13+,14-,15-/m1/s1. The van der Waals surface area contributed by atoms with Crippen LogP contribution in [0.4, 0.5) is 0 Å². The van der Waals surface area contributed by atoms with Crippen molar-refractivity contribution in [2.24, 2.45) is 0 Å². The Balaban J connectivity index is 1.90. The fourth-order valence-electron chi connectivity index (χ4n) is 2.67. The molecule has 0 unspecified atom stereocenters. The zero-order valence-electron chi connectivity index (χ0n) is 14.4. The van der Waals surface area contributed by atoms with E-state index in [2.05, 4.69) is 6.58 Å². The summed E-state index contributed by atoms with van der Waals surface area (Å²) in [5.74, 6) is -1.50. The second kappa shape index (κ2) is 7.59. The first kappa shape index (κ1) is 18.8. The van der Waals surface area contributed by atoms with Gasteiger partial charge in [-0.1, -0.05) is 6.08 Å². The van der Waals surface area contributed by atoms with Crippen molar-refractivity contribution in [3.8, 4) is 0 Å². The highest BCUT2D eigenvalue weighted by Crippen LogP contribution is 2.35. The summed E-state index contributed by atoms with van der Waals surface area (Å²) in [5, 5.41) is 10.6. The maximum absolute atomic E-state index is 10.6. The second-order valence-electron chi connectivity index (χ2n) is 6.73. The lowest BCUT2D eigenvalue weighted by Crippen LogP contribution is -2.45. The van der Waals surface area contributed by atoms with Gasteiger partial charge in [-0.2, -0.15) is 0 Å². The SMILES string of the molecule is C=CCC[CH]O[CH][C@@H]1OC(C)(C)O[C@H]1[C@H](O)[C@H]1COC(C)(C)O1. The molecule has 0 spiro atoms. The Morgan fingerprint density at radius 2 is 1.91 bits per heavy atom. The Hall–Kier alpha value is -0.500. The lowest BCUT2D eigenvalue weighted by Gasteiger charge is -2.26. The molecular weight excluding hydrogens is 300 g/mol. The van der Waals surface area contributed by atoms with E-state index in [0.717, 1.165) is 12.8 Å². The molecule has 2 aliphatic heterocycles. The van der Waals surface area contributed by atoms with Gasteiger partial charge in [0.05, 0.1) is 13.2 Å². The summed E-state index contributed by atoms with van der Waals surface area (Å²) < 4.78 is 28.3. The third kappa shape index (κ3) is 5.24. The minimum absolute atomic E-state index is 0.313. The average molecular weight is 328 g/mol. The van der Waals surface area contributed by atoms with Gasteiger partial charge in [-0.25, -0.2) is 0 Å². The van der Waals surface area contributed by atoms with E-state index >= 15 is 0 Å². The summed E-state index contributed by atoms with van der Waals surface area (Å²) in [7, 11) is 0. The monoisotopic (exact) mass is 328 g/mol. The molecular formula is C17H28O6. The first-order chi connectivity index (χ1) is 10.7. The van der Waals surface area contributed by atoms with E-state index in [0.29, 0.717) is 6.61 Å². The van der Waals surface area contributed by atoms with Gasteiger partial charge in [0.25, 0.3) is 0 Å². The Kier molecular flexibility index (Phi) is 6.22. The molecule has 132 valence electrons. The van der Waals surface area contributed by atoms with Crippen LogP contribution in [0.2, 0.25) is 0 Å². The normalized spacial score (nSPS) is 33.7. The molecule has 6 nitrogen and oxygen atoms in total. The predicted octanol–water partition coefficient (Wildman–Crippen LogP) is 2.33. The number of allylic oxidation sites excluding steroid dienone is 1. The number of hydrogen-bond acceptors (Lipinski definition) is 6. The molecule has 0 bridgehead atoms. The third-order valence-electron chi connectivity index (χ3n) is 3.71. The van der Waals surface area contributed by atoms with E-state index in [1.807, 2.05) is 19.9 Å². The molecule has 1 N–H and O–H groups in total. The van der Waals surface area contributed by atoms with E-state index in [1.54, 1.807) is 27.1 Å². The lowest BCUT2D eigenvalue weighted by molar-refractivity contribution is -0.178. The van der Waals surface area contributed by atoms with Gasteiger partial charge in [-0.3, -0.25) is 0 Å². The van der Waals surface area contributed by atoms with Crippen LogP contribution in [0.5, 0.6) is 0 Å². The zero-order valence-corrected chi connectivity index (χ0v) is 14.4. The molecule has 2 heterocycles.